The largest absolute Gasteiger partial charge is 0.348 e. The summed E-state index contributed by atoms with van der Waals surface area (Å²) in [7, 11) is 2.05. The molecule has 0 aromatic heterocycles. The highest BCUT2D eigenvalue weighted by atomic mass is 35.5. The predicted octanol–water partition coefficient (Wildman–Crippen LogP) is 2.66. The first-order valence-corrected chi connectivity index (χ1v) is 9.02. The second kappa shape index (κ2) is 8.34. The van der Waals surface area contributed by atoms with E-state index in [2.05, 4.69) is 17.3 Å². The van der Waals surface area contributed by atoms with Crippen LogP contribution in [0.15, 0.2) is 48.5 Å². The van der Waals surface area contributed by atoms with Gasteiger partial charge in [0.1, 0.15) is 0 Å². The average Bonchev–Trinajstić information content (AvgIpc) is 2.67. The van der Waals surface area contributed by atoms with E-state index < -0.39 is 0 Å². The molecule has 1 aliphatic rings. The fourth-order valence-electron chi connectivity index (χ4n) is 2.88. The highest BCUT2D eigenvalue weighted by Crippen LogP contribution is 2.15. The van der Waals surface area contributed by atoms with E-state index in [0.29, 0.717) is 22.7 Å². The maximum absolute atomic E-state index is 12.5. The Morgan fingerprint density at radius 1 is 0.962 bits per heavy atom. The molecule has 0 aliphatic carbocycles. The summed E-state index contributed by atoms with van der Waals surface area (Å²) in [6.07, 6.45) is 0. The van der Waals surface area contributed by atoms with Crippen LogP contribution in [0.2, 0.25) is 5.02 Å². The van der Waals surface area contributed by atoms with Crippen LogP contribution in [0.3, 0.4) is 0 Å². The van der Waals surface area contributed by atoms with E-state index in [9.17, 15) is 9.59 Å². The van der Waals surface area contributed by atoms with Gasteiger partial charge in [-0.1, -0.05) is 29.8 Å². The number of carbonyl (C=O) groups excluding carboxylic acids is 2. The second-order valence-electron chi connectivity index (χ2n) is 6.45. The van der Waals surface area contributed by atoms with Crippen LogP contribution in [0.4, 0.5) is 0 Å². The van der Waals surface area contributed by atoms with E-state index in [1.807, 2.05) is 23.1 Å². The molecule has 136 valence electrons. The minimum absolute atomic E-state index is 0.0149. The van der Waals surface area contributed by atoms with Gasteiger partial charge < -0.3 is 15.1 Å². The van der Waals surface area contributed by atoms with Crippen molar-refractivity contribution in [3.63, 3.8) is 0 Å². The van der Waals surface area contributed by atoms with Gasteiger partial charge in [-0.2, -0.15) is 0 Å². The Morgan fingerprint density at radius 3 is 2.23 bits per heavy atom. The molecule has 0 radical (unpaired) electrons. The highest BCUT2D eigenvalue weighted by molar-refractivity contribution is 6.31. The van der Waals surface area contributed by atoms with Crippen LogP contribution in [-0.2, 0) is 6.54 Å². The topological polar surface area (TPSA) is 52.7 Å². The van der Waals surface area contributed by atoms with Gasteiger partial charge in [0.15, 0.2) is 0 Å². The molecular weight excluding hydrogens is 350 g/mol. The summed E-state index contributed by atoms with van der Waals surface area (Å²) < 4.78 is 0. The Kier molecular flexibility index (Phi) is 5.91. The van der Waals surface area contributed by atoms with Crippen LogP contribution in [0, 0.1) is 0 Å². The quantitative estimate of drug-likeness (QED) is 0.899. The summed E-state index contributed by atoms with van der Waals surface area (Å²) in [6, 6.07) is 14.2. The zero-order chi connectivity index (χ0) is 18.5. The molecular formula is C20H22ClN3O2. The van der Waals surface area contributed by atoms with Gasteiger partial charge >= 0.3 is 0 Å². The lowest BCUT2D eigenvalue weighted by molar-refractivity contribution is 0.0663. The molecule has 0 spiro atoms. The Morgan fingerprint density at radius 2 is 1.58 bits per heavy atom. The molecule has 0 unspecified atom stereocenters. The first kappa shape index (κ1) is 18.4. The van der Waals surface area contributed by atoms with E-state index >= 15 is 0 Å². The van der Waals surface area contributed by atoms with Crippen molar-refractivity contribution >= 4 is 23.4 Å². The molecule has 2 aromatic carbocycles. The van der Waals surface area contributed by atoms with E-state index in [-0.39, 0.29) is 11.8 Å². The van der Waals surface area contributed by atoms with Crippen molar-refractivity contribution in [1.82, 2.24) is 15.1 Å². The maximum Gasteiger partial charge on any atom is 0.253 e. The molecule has 1 fully saturated rings. The Balaban J connectivity index is 1.59. The summed E-state index contributed by atoms with van der Waals surface area (Å²) in [4.78, 5) is 28.9. The third-order valence-corrected chi connectivity index (χ3v) is 4.95. The molecule has 26 heavy (non-hydrogen) atoms. The van der Waals surface area contributed by atoms with Crippen molar-refractivity contribution in [2.24, 2.45) is 0 Å². The molecule has 5 nitrogen and oxygen atoms in total. The number of likely N-dealkylation sites (N-methyl/N-ethyl adjacent to an activating group) is 1. The summed E-state index contributed by atoms with van der Waals surface area (Å²) in [5.74, 6) is -0.176. The van der Waals surface area contributed by atoms with Crippen molar-refractivity contribution in [1.29, 1.82) is 0 Å². The first-order chi connectivity index (χ1) is 12.5. The Labute approximate surface area is 158 Å². The molecule has 2 aromatic rings. The van der Waals surface area contributed by atoms with Crippen LogP contribution < -0.4 is 5.32 Å². The number of nitrogens with zero attached hydrogens (tertiary/aromatic N) is 2. The second-order valence-corrected chi connectivity index (χ2v) is 6.85. The fourth-order valence-corrected chi connectivity index (χ4v) is 3.08. The zero-order valence-corrected chi connectivity index (χ0v) is 15.5. The number of rotatable bonds is 4. The highest BCUT2D eigenvalue weighted by Gasteiger charge is 2.20. The molecule has 0 saturated carbocycles. The van der Waals surface area contributed by atoms with Crippen molar-refractivity contribution in [2.45, 2.75) is 6.54 Å². The van der Waals surface area contributed by atoms with Gasteiger partial charge in [-0.15, -0.1) is 0 Å². The molecule has 6 heteroatoms. The SMILES string of the molecule is CN1CCN(C(=O)c2ccc(C(=O)NCc3ccccc3Cl)cc2)CC1. The van der Waals surface area contributed by atoms with Crippen molar-refractivity contribution < 1.29 is 9.59 Å². The summed E-state index contributed by atoms with van der Waals surface area (Å²) >= 11 is 6.10. The van der Waals surface area contributed by atoms with Crippen LogP contribution >= 0.6 is 11.6 Å². The third kappa shape index (κ3) is 4.42. The van der Waals surface area contributed by atoms with Gasteiger partial charge in [0.2, 0.25) is 0 Å². The van der Waals surface area contributed by atoms with Crippen LogP contribution in [0.1, 0.15) is 26.3 Å². The lowest BCUT2D eigenvalue weighted by Crippen LogP contribution is -2.47. The fraction of sp³-hybridized carbons (Fsp3) is 0.300. The first-order valence-electron chi connectivity index (χ1n) is 8.64. The summed E-state index contributed by atoms with van der Waals surface area (Å²) in [6.45, 7) is 3.59. The number of halogens is 1. The monoisotopic (exact) mass is 371 g/mol. The molecule has 1 N–H and O–H groups in total. The minimum atomic E-state index is -0.191. The van der Waals surface area contributed by atoms with Gasteiger partial charge in [0.05, 0.1) is 0 Å². The van der Waals surface area contributed by atoms with Crippen molar-refractivity contribution in [2.75, 3.05) is 33.2 Å². The van der Waals surface area contributed by atoms with Gasteiger partial charge in [0.25, 0.3) is 11.8 Å². The standard InChI is InChI=1S/C20H22ClN3O2/c1-23-10-12-24(13-11-23)20(26)16-8-6-15(7-9-16)19(25)22-14-17-4-2-3-5-18(17)21/h2-9H,10-14H2,1H3,(H,22,25). The normalized spacial score (nSPS) is 14.9. The average molecular weight is 372 g/mol. The van der Waals surface area contributed by atoms with Gasteiger partial charge in [0, 0.05) is 48.9 Å². The molecule has 1 heterocycles. The minimum Gasteiger partial charge on any atom is -0.348 e. The lowest BCUT2D eigenvalue weighted by atomic mass is 10.1. The number of carbonyl (C=O) groups is 2. The Hall–Kier alpha value is -2.37. The van der Waals surface area contributed by atoms with E-state index in [1.165, 1.54) is 0 Å². The number of nitrogens with one attached hydrogen (secondary N) is 1. The number of hydrogen-bond acceptors (Lipinski definition) is 3. The van der Waals surface area contributed by atoms with Crippen LogP contribution in [-0.4, -0.2) is 54.8 Å². The molecule has 0 atom stereocenters. The van der Waals surface area contributed by atoms with Gasteiger partial charge in [-0.25, -0.2) is 0 Å². The number of benzene rings is 2. The van der Waals surface area contributed by atoms with Crippen LogP contribution in [0.25, 0.3) is 0 Å². The van der Waals surface area contributed by atoms with Crippen molar-refractivity contribution in [3.8, 4) is 0 Å². The zero-order valence-electron chi connectivity index (χ0n) is 14.7. The molecule has 1 aliphatic heterocycles. The number of amides is 2. The van der Waals surface area contributed by atoms with E-state index in [4.69, 9.17) is 11.6 Å². The lowest BCUT2D eigenvalue weighted by Gasteiger charge is -2.32. The summed E-state index contributed by atoms with van der Waals surface area (Å²) in [5.41, 5.74) is 1.99. The summed E-state index contributed by atoms with van der Waals surface area (Å²) in [5, 5.41) is 3.47. The van der Waals surface area contributed by atoms with Crippen molar-refractivity contribution in [3.05, 3.63) is 70.2 Å². The molecule has 1 saturated heterocycles. The smallest absolute Gasteiger partial charge is 0.253 e. The molecule has 0 bridgehead atoms. The number of hydrogen-bond donors (Lipinski definition) is 1. The molecule has 3 rings (SSSR count). The van der Waals surface area contributed by atoms with E-state index in [1.54, 1.807) is 30.3 Å². The molecule has 2 amide bonds. The van der Waals surface area contributed by atoms with E-state index in [0.717, 1.165) is 31.7 Å². The number of piperazine rings is 1. The van der Waals surface area contributed by atoms with Gasteiger partial charge in [-0.3, -0.25) is 9.59 Å². The maximum atomic E-state index is 12.5. The van der Waals surface area contributed by atoms with Crippen LogP contribution in [0.5, 0.6) is 0 Å². The Bertz CT molecular complexity index is 784. The van der Waals surface area contributed by atoms with Gasteiger partial charge in [-0.05, 0) is 42.9 Å². The third-order valence-electron chi connectivity index (χ3n) is 4.58. The predicted molar refractivity (Wildman–Crippen MR) is 102 cm³/mol.